The summed E-state index contributed by atoms with van der Waals surface area (Å²) in [5.74, 6) is 0.881. The summed E-state index contributed by atoms with van der Waals surface area (Å²) in [6.07, 6.45) is 3.30. The molecule has 0 unspecified atom stereocenters. The Kier molecular flexibility index (Phi) is 3.85. The highest BCUT2D eigenvalue weighted by Crippen LogP contribution is 2.19. The molecule has 0 atom stereocenters. The fraction of sp³-hybridized carbons (Fsp3) is 0.467. The third-order valence-electron chi connectivity index (χ3n) is 3.46. The van der Waals surface area contributed by atoms with Gasteiger partial charge in [0, 0.05) is 31.2 Å². The Balaban J connectivity index is 1.58. The third-order valence-corrected chi connectivity index (χ3v) is 3.46. The van der Waals surface area contributed by atoms with Crippen LogP contribution < -0.4 is 16.0 Å². The van der Waals surface area contributed by atoms with E-state index in [4.69, 9.17) is 0 Å². The second-order valence-corrected chi connectivity index (χ2v) is 5.31. The van der Waals surface area contributed by atoms with Crippen molar-refractivity contribution in [1.82, 2.24) is 16.0 Å². The number of hydrogen-bond acceptors (Lipinski definition) is 4. The SMILES string of the molecule is O=C(NC1CC1)c1cccc(CNC2=NCCCN2)c1. The van der Waals surface area contributed by atoms with Gasteiger partial charge in [0.1, 0.15) is 0 Å². The number of rotatable bonds is 4. The number of aliphatic imine (C=N–C) groups is 1. The summed E-state index contributed by atoms with van der Waals surface area (Å²) in [6.45, 7) is 2.52. The first-order chi connectivity index (χ1) is 9.81. The van der Waals surface area contributed by atoms with Crippen molar-refractivity contribution >= 4 is 11.9 Å². The molecule has 1 aromatic carbocycles. The topological polar surface area (TPSA) is 65.5 Å². The van der Waals surface area contributed by atoms with E-state index in [0.29, 0.717) is 12.6 Å². The molecule has 1 amide bonds. The number of nitrogens with zero attached hydrogens (tertiary/aromatic N) is 1. The zero-order valence-electron chi connectivity index (χ0n) is 11.5. The number of amides is 1. The zero-order valence-corrected chi connectivity index (χ0v) is 11.5. The molecule has 3 rings (SSSR count). The summed E-state index contributed by atoms with van der Waals surface area (Å²) in [5.41, 5.74) is 1.82. The maximum atomic E-state index is 12.0. The number of carbonyl (C=O) groups is 1. The average molecular weight is 272 g/mol. The van der Waals surface area contributed by atoms with Crippen LogP contribution in [0.2, 0.25) is 0 Å². The summed E-state index contributed by atoms with van der Waals surface area (Å²) < 4.78 is 0. The molecule has 106 valence electrons. The lowest BCUT2D eigenvalue weighted by molar-refractivity contribution is 0.0951. The molecule has 1 fully saturated rings. The molecule has 1 aliphatic heterocycles. The Morgan fingerprint density at radius 1 is 1.40 bits per heavy atom. The Bertz CT molecular complexity index is 522. The van der Waals surface area contributed by atoms with E-state index in [-0.39, 0.29) is 5.91 Å². The van der Waals surface area contributed by atoms with Gasteiger partial charge < -0.3 is 16.0 Å². The van der Waals surface area contributed by atoms with Gasteiger partial charge in [-0.3, -0.25) is 9.79 Å². The fourth-order valence-electron chi connectivity index (χ4n) is 2.16. The molecule has 0 aromatic heterocycles. The van der Waals surface area contributed by atoms with Gasteiger partial charge in [-0.2, -0.15) is 0 Å². The van der Waals surface area contributed by atoms with Gasteiger partial charge in [-0.25, -0.2) is 0 Å². The summed E-state index contributed by atoms with van der Waals surface area (Å²) in [4.78, 5) is 16.4. The maximum absolute atomic E-state index is 12.0. The van der Waals surface area contributed by atoms with E-state index in [1.807, 2.05) is 24.3 Å². The van der Waals surface area contributed by atoms with Crippen molar-refractivity contribution in [2.24, 2.45) is 4.99 Å². The molecule has 0 bridgehead atoms. The molecule has 0 saturated heterocycles. The van der Waals surface area contributed by atoms with Crippen LogP contribution in [-0.2, 0) is 6.54 Å². The molecule has 1 aliphatic carbocycles. The van der Waals surface area contributed by atoms with Crippen LogP contribution in [0.25, 0.3) is 0 Å². The average Bonchev–Trinajstić information content (AvgIpc) is 3.30. The summed E-state index contributed by atoms with van der Waals surface area (Å²) in [7, 11) is 0. The lowest BCUT2D eigenvalue weighted by atomic mass is 10.1. The highest BCUT2D eigenvalue weighted by molar-refractivity contribution is 5.94. The van der Waals surface area contributed by atoms with Crippen molar-refractivity contribution in [2.75, 3.05) is 13.1 Å². The van der Waals surface area contributed by atoms with E-state index >= 15 is 0 Å². The van der Waals surface area contributed by atoms with Crippen molar-refractivity contribution in [3.05, 3.63) is 35.4 Å². The smallest absolute Gasteiger partial charge is 0.251 e. The maximum Gasteiger partial charge on any atom is 0.251 e. The predicted octanol–water partition coefficient (Wildman–Crippen LogP) is 1.02. The van der Waals surface area contributed by atoms with E-state index in [9.17, 15) is 4.79 Å². The second kappa shape index (κ2) is 5.94. The number of nitrogens with one attached hydrogen (secondary N) is 3. The van der Waals surface area contributed by atoms with E-state index in [1.54, 1.807) is 0 Å². The van der Waals surface area contributed by atoms with Gasteiger partial charge in [-0.05, 0) is 37.0 Å². The molecule has 5 heteroatoms. The molecule has 5 nitrogen and oxygen atoms in total. The van der Waals surface area contributed by atoms with E-state index in [2.05, 4.69) is 20.9 Å². The summed E-state index contributed by atoms with van der Waals surface area (Å²) in [6, 6.07) is 8.13. The van der Waals surface area contributed by atoms with Crippen LogP contribution in [0, 0.1) is 0 Å². The largest absolute Gasteiger partial charge is 0.356 e. The lowest BCUT2D eigenvalue weighted by Gasteiger charge is -2.16. The molecule has 3 N–H and O–H groups in total. The first-order valence-corrected chi connectivity index (χ1v) is 7.23. The monoisotopic (exact) mass is 272 g/mol. The Morgan fingerprint density at radius 3 is 3.05 bits per heavy atom. The zero-order chi connectivity index (χ0) is 13.8. The number of carbonyl (C=O) groups excluding carboxylic acids is 1. The van der Waals surface area contributed by atoms with Crippen molar-refractivity contribution in [3.8, 4) is 0 Å². The highest BCUT2D eigenvalue weighted by Gasteiger charge is 2.23. The number of hydrogen-bond donors (Lipinski definition) is 3. The predicted molar refractivity (Wildman–Crippen MR) is 78.7 cm³/mol. The van der Waals surface area contributed by atoms with E-state index in [0.717, 1.165) is 49.4 Å². The van der Waals surface area contributed by atoms with Gasteiger partial charge in [-0.15, -0.1) is 0 Å². The molecule has 2 aliphatic rings. The van der Waals surface area contributed by atoms with Crippen LogP contribution in [0.5, 0.6) is 0 Å². The second-order valence-electron chi connectivity index (χ2n) is 5.31. The van der Waals surface area contributed by atoms with Gasteiger partial charge in [-0.1, -0.05) is 12.1 Å². The summed E-state index contributed by atoms with van der Waals surface area (Å²) >= 11 is 0. The van der Waals surface area contributed by atoms with Crippen LogP contribution in [0.4, 0.5) is 0 Å². The molecular formula is C15H20N4O. The lowest BCUT2D eigenvalue weighted by Crippen LogP contribution is -2.40. The quantitative estimate of drug-likeness (QED) is 0.766. The van der Waals surface area contributed by atoms with E-state index in [1.165, 1.54) is 0 Å². The van der Waals surface area contributed by atoms with Gasteiger partial charge in [0.25, 0.3) is 5.91 Å². The van der Waals surface area contributed by atoms with Crippen LogP contribution in [0.3, 0.4) is 0 Å². The number of benzene rings is 1. The van der Waals surface area contributed by atoms with Crippen LogP contribution in [-0.4, -0.2) is 31.0 Å². The van der Waals surface area contributed by atoms with Crippen LogP contribution >= 0.6 is 0 Å². The van der Waals surface area contributed by atoms with Crippen molar-refractivity contribution in [1.29, 1.82) is 0 Å². The molecule has 1 heterocycles. The molecule has 1 saturated carbocycles. The van der Waals surface area contributed by atoms with Crippen LogP contribution in [0.15, 0.2) is 29.3 Å². The van der Waals surface area contributed by atoms with Crippen molar-refractivity contribution in [2.45, 2.75) is 31.8 Å². The fourth-order valence-corrected chi connectivity index (χ4v) is 2.16. The van der Waals surface area contributed by atoms with E-state index < -0.39 is 0 Å². The molecule has 1 aromatic rings. The minimum Gasteiger partial charge on any atom is -0.356 e. The number of guanidine groups is 1. The molecule has 0 radical (unpaired) electrons. The molecule has 20 heavy (non-hydrogen) atoms. The van der Waals surface area contributed by atoms with Crippen LogP contribution in [0.1, 0.15) is 35.2 Å². The Hall–Kier alpha value is -2.04. The minimum absolute atomic E-state index is 0.0301. The van der Waals surface area contributed by atoms with Gasteiger partial charge in [0.15, 0.2) is 5.96 Å². The van der Waals surface area contributed by atoms with Gasteiger partial charge in [0.2, 0.25) is 0 Å². The molecule has 0 spiro atoms. The van der Waals surface area contributed by atoms with Crippen molar-refractivity contribution in [3.63, 3.8) is 0 Å². The Morgan fingerprint density at radius 2 is 2.30 bits per heavy atom. The molecular weight excluding hydrogens is 252 g/mol. The standard InChI is InChI=1S/C15H20N4O/c20-14(19-13-5-6-13)12-4-1-3-11(9-12)10-18-15-16-7-2-8-17-15/h1,3-4,9,13H,2,5-8,10H2,(H,19,20)(H2,16,17,18). The van der Waals surface area contributed by atoms with Gasteiger partial charge in [0.05, 0.1) is 0 Å². The Labute approximate surface area is 118 Å². The van der Waals surface area contributed by atoms with Gasteiger partial charge >= 0.3 is 0 Å². The third kappa shape index (κ3) is 3.50. The minimum atomic E-state index is 0.0301. The first kappa shape index (κ1) is 13.0. The normalized spacial score (nSPS) is 17.9. The van der Waals surface area contributed by atoms with Crippen molar-refractivity contribution < 1.29 is 4.79 Å². The summed E-state index contributed by atoms with van der Waals surface area (Å²) in [5, 5.41) is 9.49. The highest BCUT2D eigenvalue weighted by atomic mass is 16.1. The first-order valence-electron chi connectivity index (χ1n) is 7.23.